The molecule has 1 aromatic heterocycles. The maximum absolute atomic E-state index is 5.38. The van der Waals surface area contributed by atoms with Crippen LogP contribution in [0.5, 0.6) is 5.88 Å². The summed E-state index contributed by atoms with van der Waals surface area (Å²) in [7, 11) is 3.62. The molecule has 1 unspecified atom stereocenters. The summed E-state index contributed by atoms with van der Waals surface area (Å²) < 4.78 is 7.19. The van der Waals surface area contributed by atoms with Gasteiger partial charge in [0.15, 0.2) is 0 Å². The second kappa shape index (κ2) is 5.08. The van der Waals surface area contributed by atoms with Gasteiger partial charge in [0, 0.05) is 19.6 Å². The van der Waals surface area contributed by atoms with Crippen molar-refractivity contribution in [2.45, 2.75) is 45.7 Å². The van der Waals surface area contributed by atoms with Gasteiger partial charge in [0.25, 0.3) is 0 Å². The third-order valence-corrected chi connectivity index (χ3v) is 3.49. The number of rotatable bonds is 6. The maximum Gasteiger partial charge on any atom is 0.216 e. The molecular weight excluding hydrogens is 214 g/mol. The predicted octanol–water partition coefficient (Wildman–Crippen LogP) is 2.02. The molecule has 1 aliphatic carbocycles. The molecule has 1 aliphatic rings. The van der Waals surface area contributed by atoms with Crippen LogP contribution in [0.15, 0.2) is 0 Å². The van der Waals surface area contributed by atoms with Gasteiger partial charge in [-0.1, -0.05) is 12.8 Å². The summed E-state index contributed by atoms with van der Waals surface area (Å²) in [5.74, 6) is 1.84. The summed E-state index contributed by atoms with van der Waals surface area (Å²) in [6, 6.07) is 0.576. The summed E-state index contributed by atoms with van der Waals surface area (Å²) in [6.07, 6.45) is 4.13. The molecule has 4 heteroatoms. The first-order chi connectivity index (χ1) is 8.11. The van der Waals surface area contributed by atoms with Gasteiger partial charge in [-0.15, -0.1) is 0 Å². The Morgan fingerprint density at radius 1 is 1.53 bits per heavy atom. The van der Waals surface area contributed by atoms with Crippen molar-refractivity contribution in [3.63, 3.8) is 0 Å². The van der Waals surface area contributed by atoms with Crippen molar-refractivity contribution < 1.29 is 4.74 Å². The number of nitrogens with one attached hydrogen (secondary N) is 1. The molecule has 0 radical (unpaired) electrons. The predicted molar refractivity (Wildman–Crippen MR) is 68.1 cm³/mol. The van der Waals surface area contributed by atoms with Crippen LogP contribution < -0.4 is 10.1 Å². The summed E-state index contributed by atoms with van der Waals surface area (Å²) in [6.45, 7) is 5.14. The quantitative estimate of drug-likeness (QED) is 0.822. The molecule has 4 nitrogen and oxygen atoms in total. The number of hydrogen-bond acceptors (Lipinski definition) is 3. The zero-order valence-electron chi connectivity index (χ0n) is 11.3. The normalized spacial score (nSPS) is 17.2. The van der Waals surface area contributed by atoms with Gasteiger partial charge in [-0.05, 0) is 26.2 Å². The Bertz CT molecular complexity index is 382. The van der Waals surface area contributed by atoms with Crippen molar-refractivity contribution in [2.75, 3.05) is 7.11 Å². The summed E-state index contributed by atoms with van der Waals surface area (Å²) >= 11 is 0. The van der Waals surface area contributed by atoms with Gasteiger partial charge in [0.2, 0.25) is 5.88 Å². The van der Waals surface area contributed by atoms with Crippen molar-refractivity contribution in [1.82, 2.24) is 15.1 Å². The minimum Gasteiger partial charge on any atom is -0.481 e. The van der Waals surface area contributed by atoms with Crippen LogP contribution in [-0.4, -0.2) is 22.9 Å². The lowest BCUT2D eigenvalue weighted by molar-refractivity contribution is 0.366. The van der Waals surface area contributed by atoms with Crippen LogP contribution in [0, 0.1) is 12.8 Å². The van der Waals surface area contributed by atoms with Crippen molar-refractivity contribution in [1.29, 1.82) is 0 Å². The highest BCUT2D eigenvalue weighted by molar-refractivity contribution is 5.30. The molecule has 1 aromatic rings. The first-order valence-electron chi connectivity index (χ1n) is 6.41. The topological polar surface area (TPSA) is 39.1 Å². The van der Waals surface area contributed by atoms with E-state index in [4.69, 9.17) is 4.74 Å². The zero-order valence-corrected chi connectivity index (χ0v) is 11.3. The van der Waals surface area contributed by atoms with Gasteiger partial charge in [-0.3, -0.25) is 0 Å². The second-order valence-electron chi connectivity index (χ2n) is 5.16. The maximum atomic E-state index is 5.38. The molecule has 0 aromatic carbocycles. The van der Waals surface area contributed by atoms with Crippen molar-refractivity contribution in [3.05, 3.63) is 11.3 Å². The highest BCUT2D eigenvalue weighted by atomic mass is 16.5. The molecule has 1 heterocycles. The number of aromatic nitrogens is 2. The smallest absolute Gasteiger partial charge is 0.216 e. The van der Waals surface area contributed by atoms with Crippen LogP contribution >= 0.6 is 0 Å². The lowest BCUT2D eigenvalue weighted by Crippen LogP contribution is -2.26. The highest BCUT2D eigenvalue weighted by Gasteiger charge is 2.23. The van der Waals surface area contributed by atoms with Crippen molar-refractivity contribution in [2.24, 2.45) is 13.0 Å². The monoisotopic (exact) mass is 237 g/mol. The molecule has 1 atom stereocenters. The minimum atomic E-state index is 0.576. The Morgan fingerprint density at radius 3 is 2.82 bits per heavy atom. The SMILES string of the molecule is COc1c(CNC(C)CC2CC2)c(C)nn1C. The summed E-state index contributed by atoms with van der Waals surface area (Å²) in [4.78, 5) is 0. The molecule has 17 heavy (non-hydrogen) atoms. The molecule has 0 aliphatic heterocycles. The largest absolute Gasteiger partial charge is 0.481 e. The van der Waals surface area contributed by atoms with Gasteiger partial charge in [-0.25, -0.2) is 4.68 Å². The zero-order chi connectivity index (χ0) is 12.4. The summed E-state index contributed by atoms with van der Waals surface area (Å²) in [5.41, 5.74) is 2.23. The van der Waals surface area contributed by atoms with E-state index >= 15 is 0 Å². The van der Waals surface area contributed by atoms with Gasteiger partial charge < -0.3 is 10.1 Å². The molecule has 96 valence electrons. The van der Waals surface area contributed by atoms with E-state index in [1.54, 1.807) is 11.8 Å². The number of hydrogen-bond donors (Lipinski definition) is 1. The number of ether oxygens (including phenoxy) is 1. The van der Waals surface area contributed by atoms with E-state index in [2.05, 4.69) is 17.3 Å². The second-order valence-corrected chi connectivity index (χ2v) is 5.16. The molecule has 1 N–H and O–H groups in total. The van der Waals surface area contributed by atoms with Gasteiger partial charge in [0.1, 0.15) is 0 Å². The summed E-state index contributed by atoms with van der Waals surface area (Å²) in [5, 5.41) is 7.95. The van der Waals surface area contributed by atoms with E-state index in [1.165, 1.54) is 24.8 Å². The third-order valence-electron chi connectivity index (χ3n) is 3.49. The standard InChI is InChI=1S/C13H23N3O/c1-9(7-11-5-6-11)14-8-12-10(2)15-16(3)13(12)17-4/h9,11,14H,5-8H2,1-4H3. The fourth-order valence-electron chi connectivity index (χ4n) is 2.35. The number of methoxy groups -OCH3 is 1. The van der Waals surface area contributed by atoms with E-state index in [0.29, 0.717) is 6.04 Å². The van der Waals surface area contributed by atoms with Crippen LogP contribution in [0.1, 0.15) is 37.4 Å². The van der Waals surface area contributed by atoms with Crippen molar-refractivity contribution in [3.8, 4) is 5.88 Å². The van der Waals surface area contributed by atoms with Gasteiger partial charge >= 0.3 is 0 Å². The first kappa shape index (κ1) is 12.4. The van der Waals surface area contributed by atoms with E-state index in [9.17, 15) is 0 Å². The number of aryl methyl sites for hydroxylation is 2. The average molecular weight is 237 g/mol. The van der Waals surface area contributed by atoms with Crippen LogP contribution in [0.2, 0.25) is 0 Å². The molecule has 0 saturated heterocycles. The van der Waals surface area contributed by atoms with Gasteiger partial charge in [0.05, 0.1) is 18.4 Å². The van der Waals surface area contributed by atoms with Crippen LogP contribution in [0.3, 0.4) is 0 Å². The molecule has 1 fully saturated rings. The van der Waals surface area contributed by atoms with Crippen LogP contribution in [0.4, 0.5) is 0 Å². The highest BCUT2D eigenvalue weighted by Crippen LogP contribution is 2.33. The van der Waals surface area contributed by atoms with Crippen LogP contribution in [0.25, 0.3) is 0 Å². The number of nitrogens with zero attached hydrogens (tertiary/aromatic N) is 2. The lowest BCUT2D eigenvalue weighted by atomic mass is 10.1. The average Bonchev–Trinajstić information content (AvgIpc) is 3.02. The molecular formula is C13H23N3O. The third kappa shape index (κ3) is 3.00. The first-order valence-corrected chi connectivity index (χ1v) is 6.41. The Morgan fingerprint density at radius 2 is 2.24 bits per heavy atom. The Labute approximate surface area is 103 Å². The fourth-order valence-corrected chi connectivity index (χ4v) is 2.35. The Balaban J connectivity index is 1.92. The van der Waals surface area contributed by atoms with E-state index in [-0.39, 0.29) is 0 Å². The molecule has 2 rings (SSSR count). The molecule has 0 spiro atoms. The molecule has 0 bridgehead atoms. The Kier molecular flexibility index (Phi) is 3.72. The lowest BCUT2D eigenvalue weighted by Gasteiger charge is -2.13. The minimum absolute atomic E-state index is 0.576. The van der Waals surface area contributed by atoms with E-state index in [1.807, 2.05) is 14.0 Å². The van der Waals surface area contributed by atoms with E-state index < -0.39 is 0 Å². The van der Waals surface area contributed by atoms with Crippen molar-refractivity contribution >= 4 is 0 Å². The molecule has 0 amide bonds. The Hall–Kier alpha value is -1.03. The van der Waals surface area contributed by atoms with Gasteiger partial charge in [-0.2, -0.15) is 5.10 Å². The fraction of sp³-hybridized carbons (Fsp3) is 0.769. The van der Waals surface area contributed by atoms with E-state index in [0.717, 1.165) is 24.0 Å². The molecule has 1 saturated carbocycles. The van der Waals surface area contributed by atoms with Crippen LogP contribution in [-0.2, 0) is 13.6 Å².